The van der Waals surface area contributed by atoms with E-state index >= 15 is 0 Å². The van der Waals surface area contributed by atoms with Crippen molar-refractivity contribution in [2.24, 2.45) is 0 Å². The Hall–Kier alpha value is -1.90. The second kappa shape index (κ2) is 7.21. The Kier molecular flexibility index (Phi) is 5.32. The van der Waals surface area contributed by atoms with Crippen molar-refractivity contribution < 1.29 is 9.13 Å². The number of rotatable bonds is 5. The van der Waals surface area contributed by atoms with E-state index in [-0.39, 0.29) is 12.2 Å². The van der Waals surface area contributed by atoms with E-state index in [1.165, 1.54) is 6.07 Å². The average Bonchev–Trinajstić information content (AvgIpc) is 2.48. The third kappa shape index (κ3) is 3.60. The first kappa shape index (κ1) is 15.5. The van der Waals surface area contributed by atoms with Crippen molar-refractivity contribution >= 4 is 15.9 Å². The van der Waals surface area contributed by atoms with Crippen LogP contribution in [0.4, 0.5) is 4.39 Å². The zero-order chi connectivity index (χ0) is 15.2. The highest BCUT2D eigenvalue weighted by atomic mass is 79.9. The number of ether oxygens (including phenoxy) is 1. The maximum atomic E-state index is 14.0. The van der Waals surface area contributed by atoms with Crippen LogP contribution in [0.1, 0.15) is 16.7 Å². The quantitative estimate of drug-likeness (QED) is 0.894. The monoisotopic (exact) mass is 348 g/mol. The van der Waals surface area contributed by atoms with E-state index in [0.717, 1.165) is 10.0 Å². The maximum absolute atomic E-state index is 14.0. The molecule has 21 heavy (non-hydrogen) atoms. The van der Waals surface area contributed by atoms with Gasteiger partial charge in [-0.2, -0.15) is 5.26 Å². The summed E-state index contributed by atoms with van der Waals surface area (Å²) < 4.78 is 20.6. The minimum Gasteiger partial charge on any atom is -0.487 e. The van der Waals surface area contributed by atoms with Gasteiger partial charge >= 0.3 is 0 Å². The molecule has 0 saturated carbocycles. The minimum atomic E-state index is -0.526. The van der Waals surface area contributed by atoms with E-state index in [4.69, 9.17) is 10.00 Å². The molecule has 0 aliphatic carbocycles. The normalized spacial score (nSPS) is 10.2. The van der Waals surface area contributed by atoms with Gasteiger partial charge in [0.15, 0.2) is 0 Å². The molecule has 2 rings (SSSR count). The Morgan fingerprint density at radius 1 is 1.24 bits per heavy atom. The van der Waals surface area contributed by atoms with Gasteiger partial charge in [0.05, 0.1) is 10.0 Å². The Morgan fingerprint density at radius 2 is 1.95 bits per heavy atom. The third-order valence-corrected chi connectivity index (χ3v) is 3.61. The van der Waals surface area contributed by atoms with E-state index in [9.17, 15) is 4.39 Å². The lowest BCUT2D eigenvalue weighted by atomic mass is 10.1. The molecule has 2 aromatic carbocycles. The average molecular weight is 349 g/mol. The van der Waals surface area contributed by atoms with Crippen molar-refractivity contribution in [3.05, 3.63) is 63.4 Å². The summed E-state index contributed by atoms with van der Waals surface area (Å²) in [5, 5.41) is 11.9. The first-order chi connectivity index (χ1) is 10.2. The smallest absolute Gasteiger partial charge is 0.147 e. The summed E-state index contributed by atoms with van der Waals surface area (Å²) in [5.41, 5.74) is 1.36. The first-order valence-electron chi connectivity index (χ1n) is 6.39. The molecule has 0 aliphatic heterocycles. The minimum absolute atomic E-state index is 0.0266. The van der Waals surface area contributed by atoms with Gasteiger partial charge in [-0.05, 0) is 35.1 Å². The molecular formula is C16H14BrFN2O. The number of hydrogen-bond acceptors (Lipinski definition) is 3. The fourth-order valence-corrected chi connectivity index (χ4v) is 2.49. The summed E-state index contributed by atoms with van der Waals surface area (Å²) in [6.45, 7) is 0.718. The van der Waals surface area contributed by atoms with Crippen molar-refractivity contribution in [3.63, 3.8) is 0 Å². The van der Waals surface area contributed by atoms with E-state index in [2.05, 4.69) is 21.2 Å². The standard InChI is InChI=1S/C16H14BrFN2O/c1-20-9-12-5-3-7-14(17)16(12)21-10-13-6-2-4-11(8-19)15(13)18/h2-7,20H,9-10H2,1H3. The largest absolute Gasteiger partial charge is 0.487 e. The molecule has 0 aromatic heterocycles. The zero-order valence-electron chi connectivity index (χ0n) is 11.5. The Balaban J connectivity index is 2.23. The number of para-hydroxylation sites is 1. The lowest BCUT2D eigenvalue weighted by Gasteiger charge is -2.13. The molecule has 0 aliphatic rings. The van der Waals surface area contributed by atoms with E-state index in [0.29, 0.717) is 17.9 Å². The molecule has 108 valence electrons. The highest BCUT2D eigenvalue weighted by molar-refractivity contribution is 9.10. The molecule has 0 spiro atoms. The summed E-state index contributed by atoms with van der Waals surface area (Å²) in [4.78, 5) is 0. The van der Waals surface area contributed by atoms with Crippen molar-refractivity contribution in [1.82, 2.24) is 5.32 Å². The number of halogens is 2. The van der Waals surface area contributed by atoms with Crippen LogP contribution >= 0.6 is 15.9 Å². The summed E-state index contributed by atoms with van der Waals surface area (Å²) in [6, 6.07) is 12.3. The third-order valence-electron chi connectivity index (χ3n) is 2.99. The molecular weight excluding hydrogens is 335 g/mol. The number of hydrogen-bond donors (Lipinski definition) is 1. The molecule has 1 N–H and O–H groups in total. The summed E-state index contributed by atoms with van der Waals surface area (Å²) in [6.07, 6.45) is 0. The predicted octanol–water partition coefficient (Wildman–Crippen LogP) is 3.76. The molecule has 0 heterocycles. The number of nitrogens with one attached hydrogen (secondary N) is 1. The molecule has 0 atom stereocenters. The fraction of sp³-hybridized carbons (Fsp3) is 0.188. The van der Waals surface area contributed by atoms with Gasteiger partial charge in [0.2, 0.25) is 0 Å². The molecule has 5 heteroatoms. The number of nitrogens with zero attached hydrogens (tertiary/aromatic N) is 1. The fourth-order valence-electron chi connectivity index (χ4n) is 1.97. The molecule has 3 nitrogen and oxygen atoms in total. The summed E-state index contributed by atoms with van der Waals surface area (Å²) >= 11 is 3.44. The molecule has 2 aromatic rings. The molecule has 0 bridgehead atoms. The van der Waals surface area contributed by atoms with Crippen LogP contribution in [0.15, 0.2) is 40.9 Å². The highest BCUT2D eigenvalue weighted by Gasteiger charge is 2.11. The van der Waals surface area contributed by atoms with Crippen LogP contribution in [-0.2, 0) is 13.2 Å². The lowest BCUT2D eigenvalue weighted by Crippen LogP contribution is -2.08. The van der Waals surface area contributed by atoms with Crippen molar-refractivity contribution in [1.29, 1.82) is 5.26 Å². The van der Waals surface area contributed by atoms with Crippen LogP contribution in [0, 0.1) is 17.1 Å². The van der Waals surface area contributed by atoms with E-state index in [1.807, 2.05) is 31.3 Å². The maximum Gasteiger partial charge on any atom is 0.147 e. The summed E-state index contributed by atoms with van der Waals surface area (Å²) in [5.74, 6) is 0.149. The van der Waals surface area contributed by atoms with E-state index < -0.39 is 5.82 Å². The molecule has 0 unspecified atom stereocenters. The Labute approximate surface area is 131 Å². The highest BCUT2D eigenvalue weighted by Crippen LogP contribution is 2.30. The van der Waals surface area contributed by atoms with Gasteiger partial charge < -0.3 is 10.1 Å². The SMILES string of the molecule is CNCc1cccc(Br)c1OCc1cccc(C#N)c1F. The first-order valence-corrected chi connectivity index (χ1v) is 7.19. The number of nitriles is 1. The predicted molar refractivity (Wildman–Crippen MR) is 82.4 cm³/mol. The lowest BCUT2D eigenvalue weighted by molar-refractivity contribution is 0.294. The second-order valence-corrected chi connectivity index (χ2v) is 5.29. The van der Waals surface area contributed by atoms with Crippen LogP contribution < -0.4 is 10.1 Å². The van der Waals surface area contributed by atoms with Crippen LogP contribution in [0.3, 0.4) is 0 Å². The van der Waals surface area contributed by atoms with Gasteiger partial charge in [0, 0.05) is 17.7 Å². The van der Waals surface area contributed by atoms with Crippen LogP contribution in [0.2, 0.25) is 0 Å². The Bertz CT molecular complexity index is 682. The molecule has 0 fully saturated rings. The van der Waals surface area contributed by atoms with Crippen LogP contribution in [0.25, 0.3) is 0 Å². The van der Waals surface area contributed by atoms with Crippen molar-refractivity contribution in [2.75, 3.05) is 7.05 Å². The van der Waals surface area contributed by atoms with Crippen molar-refractivity contribution in [3.8, 4) is 11.8 Å². The van der Waals surface area contributed by atoms with Gasteiger partial charge in [-0.1, -0.05) is 24.3 Å². The second-order valence-electron chi connectivity index (χ2n) is 4.44. The van der Waals surface area contributed by atoms with E-state index in [1.54, 1.807) is 12.1 Å². The van der Waals surface area contributed by atoms with Gasteiger partial charge in [-0.3, -0.25) is 0 Å². The zero-order valence-corrected chi connectivity index (χ0v) is 13.1. The van der Waals surface area contributed by atoms with Gasteiger partial charge in [-0.25, -0.2) is 4.39 Å². The van der Waals surface area contributed by atoms with Gasteiger partial charge in [-0.15, -0.1) is 0 Å². The molecule has 0 amide bonds. The molecule has 0 radical (unpaired) electrons. The Morgan fingerprint density at radius 3 is 2.67 bits per heavy atom. The summed E-state index contributed by atoms with van der Waals surface area (Å²) in [7, 11) is 1.85. The van der Waals surface area contributed by atoms with Crippen LogP contribution in [0.5, 0.6) is 5.75 Å². The van der Waals surface area contributed by atoms with Gasteiger partial charge in [0.25, 0.3) is 0 Å². The van der Waals surface area contributed by atoms with Crippen LogP contribution in [-0.4, -0.2) is 7.05 Å². The van der Waals surface area contributed by atoms with Crippen molar-refractivity contribution in [2.45, 2.75) is 13.2 Å². The topological polar surface area (TPSA) is 45.0 Å². The van der Waals surface area contributed by atoms with Gasteiger partial charge in [0.1, 0.15) is 24.2 Å². The number of benzene rings is 2. The molecule has 0 saturated heterocycles.